The fourth-order valence-electron chi connectivity index (χ4n) is 5.57. The molecule has 1 saturated carbocycles. The van der Waals surface area contributed by atoms with Gasteiger partial charge in [0, 0.05) is 41.7 Å². The molecule has 3 aromatic rings. The van der Waals surface area contributed by atoms with Crippen LogP contribution >= 0.6 is 11.6 Å². The van der Waals surface area contributed by atoms with Crippen LogP contribution in [0.2, 0.25) is 5.02 Å². The number of hydrogen-bond acceptors (Lipinski definition) is 6. The molecule has 0 bridgehead atoms. The number of nitrogens with one attached hydrogen (secondary N) is 1. The number of hydrogen-bond donors (Lipinski definition) is 2. The second-order valence-electron chi connectivity index (χ2n) is 9.50. The highest BCUT2D eigenvalue weighted by molar-refractivity contribution is 6.31. The van der Waals surface area contributed by atoms with Gasteiger partial charge in [-0.3, -0.25) is 19.7 Å². The van der Waals surface area contributed by atoms with Gasteiger partial charge in [-0.05, 0) is 43.4 Å². The van der Waals surface area contributed by atoms with E-state index in [0.717, 1.165) is 11.9 Å². The SMILES string of the molecule is COc1cc(-c2cc(C(=O)N3CCC(C(N)=O)CC34CC4[C@H](C)c3ncccc3Cl)[nH]n2)c(F)cn1. The molecule has 11 heteroatoms. The first-order valence-corrected chi connectivity index (χ1v) is 12.1. The van der Waals surface area contributed by atoms with Crippen molar-refractivity contribution in [3.05, 3.63) is 58.9 Å². The number of aromatic nitrogens is 4. The normalized spacial score (nSPS) is 23.9. The minimum Gasteiger partial charge on any atom is -0.481 e. The van der Waals surface area contributed by atoms with Crippen molar-refractivity contribution >= 4 is 23.4 Å². The van der Waals surface area contributed by atoms with E-state index in [1.165, 1.54) is 19.2 Å². The summed E-state index contributed by atoms with van der Waals surface area (Å²) < 4.78 is 19.5. The zero-order valence-electron chi connectivity index (χ0n) is 19.9. The van der Waals surface area contributed by atoms with E-state index in [4.69, 9.17) is 22.1 Å². The van der Waals surface area contributed by atoms with Gasteiger partial charge in [-0.2, -0.15) is 5.10 Å². The van der Waals surface area contributed by atoms with Crippen molar-refractivity contribution < 1.29 is 18.7 Å². The molecule has 3 N–H and O–H groups in total. The Morgan fingerprint density at radius 1 is 1.33 bits per heavy atom. The van der Waals surface area contributed by atoms with Gasteiger partial charge in [0.1, 0.15) is 5.69 Å². The first-order valence-electron chi connectivity index (χ1n) is 11.7. The molecular formula is C25H26ClFN6O3. The zero-order chi connectivity index (χ0) is 25.6. The lowest BCUT2D eigenvalue weighted by Crippen LogP contribution is -2.51. The number of likely N-dealkylation sites (tertiary alicyclic amines) is 1. The van der Waals surface area contributed by atoms with E-state index in [-0.39, 0.29) is 52.4 Å². The van der Waals surface area contributed by atoms with Crippen LogP contribution in [0.3, 0.4) is 0 Å². The maximum absolute atomic E-state index is 14.4. The fourth-order valence-corrected chi connectivity index (χ4v) is 5.86. The summed E-state index contributed by atoms with van der Waals surface area (Å²) in [5, 5.41) is 7.49. The Kier molecular flexibility index (Phi) is 6.15. The predicted molar refractivity (Wildman–Crippen MR) is 130 cm³/mol. The Bertz CT molecular complexity index is 1330. The van der Waals surface area contributed by atoms with Crippen LogP contribution in [0.15, 0.2) is 36.7 Å². The monoisotopic (exact) mass is 512 g/mol. The summed E-state index contributed by atoms with van der Waals surface area (Å²) in [6.07, 6.45) is 4.40. The predicted octanol–water partition coefficient (Wildman–Crippen LogP) is 3.57. The van der Waals surface area contributed by atoms with Crippen LogP contribution < -0.4 is 10.5 Å². The third-order valence-electron chi connectivity index (χ3n) is 7.53. The molecule has 4 heterocycles. The van der Waals surface area contributed by atoms with Gasteiger partial charge in [0.25, 0.3) is 5.91 Å². The molecule has 3 unspecified atom stereocenters. The number of amides is 2. The Balaban J connectivity index is 1.44. The number of piperidine rings is 1. The third-order valence-corrected chi connectivity index (χ3v) is 7.85. The van der Waals surface area contributed by atoms with Gasteiger partial charge in [-0.1, -0.05) is 18.5 Å². The van der Waals surface area contributed by atoms with E-state index in [9.17, 15) is 14.0 Å². The summed E-state index contributed by atoms with van der Waals surface area (Å²) in [4.78, 5) is 35.9. The number of primary amides is 1. The van der Waals surface area contributed by atoms with Crippen molar-refractivity contribution in [2.45, 2.75) is 37.6 Å². The fraction of sp³-hybridized carbons (Fsp3) is 0.400. The number of nitrogens with two attached hydrogens (primary N) is 1. The number of H-pyrrole nitrogens is 1. The van der Waals surface area contributed by atoms with Crippen LogP contribution in [0.5, 0.6) is 5.88 Å². The van der Waals surface area contributed by atoms with Crippen LogP contribution in [0.1, 0.15) is 48.3 Å². The van der Waals surface area contributed by atoms with Gasteiger partial charge in [-0.25, -0.2) is 9.37 Å². The number of aromatic amines is 1. The zero-order valence-corrected chi connectivity index (χ0v) is 20.6. The number of carbonyl (C=O) groups excluding carboxylic acids is 2. The Morgan fingerprint density at radius 2 is 2.14 bits per heavy atom. The second kappa shape index (κ2) is 9.16. The van der Waals surface area contributed by atoms with E-state index in [0.29, 0.717) is 30.8 Å². The minimum absolute atomic E-state index is 0.0312. The van der Waals surface area contributed by atoms with Crippen molar-refractivity contribution in [3.8, 4) is 17.1 Å². The second-order valence-corrected chi connectivity index (χ2v) is 9.90. The molecule has 5 rings (SSSR count). The molecule has 9 nitrogen and oxygen atoms in total. The van der Waals surface area contributed by atoms with E-state index >= 15 is 0 Å². The average Bonchev–Trinajstić information content (AvgIpc) is 3.34. The molecule has 36 heavy (non-hydrogen) atoms. The van der Waals surface area contributed by atoms with Gasteiger partial charge in [0.15, 0.2) is 5.82 Å². The molecule has 1 aliphatic heterocycles. The number of ether oxygens (including phenoxy) is 1. The lowest BCUT2D eigenvalue weighted by atomic mass is 9.84. The maximum atomic E-state index is 14.4. The molecule has 188 valence electrons. The number of halogens is 2. The smallest absolute Gasteiger partial charge is 0.272 e. The highest BCUT2D eigenvalue weighted by atomic mass is 35.5. The van der Waals surface area contributed by atoms with Gasteiger partial charge in [0.2, 0.25) is 11.8 Å². The van der Waals surface area contributed by atoms with Crippen LogP contribution in [-0.2, 0) is 4.79 Å². The van der Waals surface area contributed by atoms with E-state index in [1.54, 1.807) is 18.3 Å². The molecule has 4 atom stereocenters. The summed E-state index contributed by atoms with van der Waals surface area (Å²) in [6.45, 7) is 2.41. The standard InChI is InChI=1S/C25H26ClFN6O3/c1-13(22-17(26)4-3-6-29-22)16-11-25(16)10-14(23(28)34)5-7-33(25)24(35)20-9-19(31-32-20)15-8-21(36-2)30-12-18(15)27/h3-4,6,8-9,12-14,16H,5,7,10-11H2,1-2H3,(H2,28,34)(H,31,32)/t13-,14?,16?,25?/m0/s1. The topological polar surface area (TPSA) is 127 Å². The van der Waals surface area contributed by atoms with Gasteiger partial charge >= 0.3 is 0 Å². The average molecular weight is 513 g/mol. The Morgan fingerprint density at radius 3 is 2.86 bits per heavy atom. The molecular weight excluding hydrogens is 487 g/mol. The van der Waals surface area contributed by atoms with E-state index < -0.39 is 11.4 Å². The third kappa shape index (κ3) is 4.09. The Labute approximate surface area is 212 Å². The van der Waals surface area contributed by atoms with Crippen LogP contribution in [0.25, 0.3) is 11.3 Å². The van der Waals surface area contributed by atoms with Crippen molar-refractivity contribution in [1.29, 1.82) is 0 Å². The molecule has 3 aromatic heterocycles. The minimum atomic E-state index is -0.580. The molecule has 0 aromatic carbocycles. The molecule has 2 aliphatic rings. The number of pyridine rings is 2. The molecule has 1 saturated heterocycles. The summed E-state index contributed by atoms with van der Waals surface area (Å²) in [5.41, 5.74) is 6.54. The molecule has 1 aliphatic carbocycles. The quantitative estimate of drug-likeness (QED) is 0.520. The summed E-state index contributed by atoms with van der Waals surface area (Å²) in [5.74, 6) is -1.26. The largest absolute Gasteiger partial charge is 0.481 e. The lowest BCUT2D eigenvalue weighted by molar-refractivity contribution is -0.124. The van der Waals surface area contributed by atoms with Crippen molar-refractivity contribution in [1.82, 2.24) is 25.1 Å². The summed E-state index contributed by atoms with van der Waals surface area (Å²) in [7, 11) is 1.43. The van der Waals surface area contributed by atoms with Gasteiger partial charge in [0.05, 0.1) is 29.7 Å². The number of carbonyl (C=O) groups is 2. The van der Waals surface area contributed by atoms with Crippen molar-refractivity contribution in [3.63, 3.8) is 0 Å². The van der Waals surface area contributed by atoms with Crippen molar-refractivity contribution in [2.75, 3.05) is 13.7 Å². The summed E-state index contributed by atoms with van der Waals surface area (Å²) >= 11 is 6.41. The lowest BCUT2D eigenvalue weighted by Gasteiger charge is -2.40. The first kappa shape index (κ1) is 24.2. The number of methoxy groups -OCH3 is 1. The van der Waals surface area contributed by atoms with E-state index in [2.05, 4.69) is 20.2 Å². The Hall–Kier alpha value is -3.53. The van der Waals surface area contributed by atoms with Gasteiger partial charge in [-0.15, -0.1) is 0 Å². The number of nitrogens with zero attached hydrogens (tertiary/aromatic N) is 4. The maximum Gasteiger partial charge on any atom is 0.272 e. The molecule has 0 radical (unpaired) electrons. The van der Waals surface area contributed by atoms with Gasteiger partial charge < -0.3 is 15.4 Å². The summed E-state index contributed by atoms with van der Waals surface area (Å²) in [6, 6.07) is 6.52. The molecule has 2 fully saturated rings. The highest BCUT2D eigenvalue weighted by Gasteiger charge is 2.64. The van der Waals surface area contributed by atoms with Crippen LogP contribution in [-0.4, -0.2) is 56.1 Å². The number of rotatable bonds is 6. The molecule has 1 spiro atoms. The van der Waals surface area contributed by atoms with Crippen molar-refractivity contribution in [2.24, 2.45) is 17.6 Å². The molecule has 2 amide bonds. The van der Waals surface area contributed by atoms with Crippen LogP contribution in [0.4, 0.5) is 4.39 Å². The van der Waals surface area contributed by atoms with E-state index in [1.807, 2.05) is 11.8 Å². The first-order chi connectivity index (χ1) is 17.2. The highest BCUT2D eigenvalue weighted by Crippen LogP contribution is 2.61. The van der Waals surface area contributed by atoms with Crippen LogP contribution in [0, 0.1) is 17.7 Å².